The number of nitrogens with one attached hydrogen (secondary N) is 2. The van der Waals surface area contributed by atoms with Crippen molar-refractivity contribution in [3.63, 3.8) is 0 Å². The van der Waals surface area contributed by atoms with E-state index in [1.165, 1.54) is 11.1 Å². The Morgan fingerprint density at radius 3 is 1.37 bits per heavy atom. The Labute approximate surface area is 504 Å². The molecule has 2 aliphatic heterocycles. The molecule has 2 aromatic heterocycles. The van der Waals surface area contributed by atoms with Crippen LogP contribution in [0.1, 0.15) is 61.8 Å². The smallest absolute Gasteiger partial charge is 0.348 e. The van der Waals surface area contributed by atoms with Gasteiger partial charge >= 0.3 is 11.4 Å². The van der Waals surface area contributed by atoms with Gasteiger partial charge in [-0.3, -0.25) is 33.4 Å². The Kier molecular flexibility index (Phi) is 20.8. The van der Waals surface area contributed by atoms with E-state index in [9.17, 15) is 19.2 Å². The SMILES string of the molecule is C#CCOc1ccc2c(c1)c(-c1ccc(C(C)C)cc1)nc(=O)n2Cc1cccc(NC(=O)CN2CCN(C)CC2)c1.C#CCOc1ccc2c(c1)c(-c1ccc(C(C)C)cc1)nc(=O)n2Cc1cccc(NC(=O)CN2CCN(CC=C)CC2)c1. The predicted octanol–water partition coefficient (Wildman–Crippen LogP) is 9.42. The topological polar surface area (TPSA) is 159 Å². The second kappa shape index (κ2) is 29.1. The highest BCUT2D eigenvalue weighted by Crippen LogP contribution is 2.33. The molecule has 2 saturated heterocycles. The number of likely N-dealkylation sites (N-methyl/N-ethyl adjacent to an activating group) is 1. The monoisotopic (exact) mass is 1150 g/mol. The fourth-order valence-electron chi connectivity index (χ4n) is 10.7. The minimum absolute atomic E-state index is 0.0478. The Bertz CT molecular complexity index is 3900. The minimum atomic E-state index is -0.359. The highest BCUT2D eigenvalue weighted by atomic mass is 16.5. The molecule has 0 aliphatic carbocycles. The molecule has 0 saturated carbocycles. The van der Waals surface area contributed by atoms with E-state index in [1.807, 2.05) is 115 Å². The number of rotatable bonds is 20. The lowest BCUT2D eigenvalue weighted by molar-refractivity contribution is -0.118. The molecule has 0 radical (unpaired) electrons. The zero-order valence-corrected chi connectivity index (χ0v) is 49.9. The van der Waals surface area contributed by atoms with Gasteiger partial charge in [0.05, 0.1) is 48.6 Å². The fraction of sp³-hybridized carbons (Fsp3) is 0.314. The van der Waals surface area contributed by atoms with Crippen LogP contribution in [-0.2, 0) is 22.7 Å². The lowest BCUT2D eigenvalue weighted by Gasteiger charge is -2.33. The molecule has 2 fully saturated rings. The second-order valence-corrected chi connectivity index (χ2v) is 22.5. The van der Waals surface area contributed by atoms with Gasteiger partial charge in [-0.25, -0.2) is 9.59 Å². The van der Waals surface area contributed by atoms with Crippen molar-refractivity contribution >= 4 is 45.0 Å². The van der Waals surface area contributed by atoms with Gasteiger partial charge in [0.2, 0.25) is 11.8 Å². The normalized spacial score (nSPS) is 14.1. The van der Waals surface area contributed by atoms with Crippen LogP contribution < -0.4 is 31.5 Å². The Morgan fingerprint density at radius 1 is 0.570 bits per heavy atom. The number of nitrogens with zero attached hydrogens (tertiary/aromatic N) is 8. The number of benzene rings is 6. The third kappa shape index (κ3) is 16.0. The summed E-state index contributed by atoms with van der Waals surface area (Å²) in [4.78, 5) is 70.6. The predicted molar refractivity (Wildman–Crippen MR) is 345 cm³/mol. The quantitative estimate of drug-likeness (QED) is 0.0551. The highest BCUT2D eigenvalue weighted by Gasteiger charge is 2.21. The van der Waals surface area contributed by atoms with Gasteiger partial charge in [0.15, 0.2) is 0 Å². The van der Waals surface area contributed by atoms with Crippen molar-refractivity contribution in [3.05, 3.63) is 189 Å². The molecule has 16 heteroatoms. The number of ether oxygens (including phenoxy) is 2. The van der Waals surface area contributed by atoms with E-state index in [0.717, 1.165) is 103 Å². The summed E-state index contributed by atoms with van der Waals surface area (Å²) in [5.74, 6) is 6.89. The molecule has 2 amide bonds. The maximum absolute atomic E-state index is 13.5. The van der Waals surface area contributed by atoms with Gasteiger partial charge in [0.1, 0.15) is 24.7 Å². The van der Waals surface area contributed by atoms with Crippen LogP contribution in [0.25, 0.3) is 44.3 Å². The molecule has 0 spiro atoms. The lowest BCUT2D eigenvalue weighted by Crippen LogP contribution is -2.48. The number of fused-ring (bicyclic) bond motifs is 2. The maximum atomic E-state index is 13.5. The van der Waals surface area contributed by atoms with E-state index in [4.69, 9.17) is 22.3 Å². The number of carbonyl (C=O) groups excluding carboxylic acids is 2. The summed E-state index contributed by atoms with van der Waals surface area (Å²) in [7, 11) is 2.09. The zero-order chi connectivity index (χ0) is 60.7. The molecule has 86 heavy (non-hydrogen) atoms. The summed E-state index contributed by atoms with van der Waals surface area (Å²) in [6.07, 6.45) is 12.7. The van der Waals surface area contributed by atoms with Crippen LogP contribution in [0, 0.1) is 24.7 Å². The molecule has 16 nitrogen and oxygen atoms in total. The summed E-state index contributed by atoms with van der Waals surface area (Å²) in [5.41, 5.74) is 9.19. The zero-order valence-electron chi connectivity index (χ0n) is 49.9. The number of anilines is 2. The number of aromatic nitrogens is 4. The van der Waals surface area contributed by atoms with E-state index >= 15 is 0 Å². The summed E-state index contributed by atoms with van der Waals surface area (Å²) in [5, 5.41) is 7.62. The van der Waals surface area contributed by atoms with Crippen LogP contribution in [0.5, 0.6) is 11.5 Å². The van der Waals surface area contributed by atoms with Crippen molar-refractivity contribution < 1.29 is 19.1 Å². The maximum Gasteiger partial charge on any atom is 0.348 e. The average Bonchev–Trinajstić information content (AvgIpc) is 1.81. The third-order valence-electron chi connectivity index (χ3n) is 15.5. The molecular formula is C70H76N10O6. The molecule has 442 valence electrons. The van der Waals surface area contributed by atoms with Crippen LogP contribution >= 0.6 is 0 Å². The van der Waals surface area contributed by atoms with Crippen molar-refractivity contribution in [2.45, 2.75) is 52.6 Å². The highest BCUT2D eigenvalue weighted by molar-refractivity contribution is 5.95. The van der Waals surface area contributed by atoms with E-state index < -0.39 is 0 Å². The van der Waals surface area contributed by atoms with Crippen LogP contribution in [-0.4, -0.2) is 143 Å². The molecule has 0 unspecified atom stereocenters. The van der Waals surface area contributed by atoms with Crippen molar-refractivity contribution in [3.8, 4) is 58.7 Å². The number of terminal acetylenes is 2. The first kappa shape index (κ1) is 61.4. The molecule has 0 atom stereocenters. The van der Waals surface area contributed by atoms with Crippen molar-refractivity contribution in [2.75, 3.05) is 103 Å². The molecule has 2 N–H and O–H groups in total. The minimum Gasteiger partial charge on any atom is -0.481 e. The van der Waals surface area contributed by atoms with Crippen LogP contribution in [0.15, 0.2) is 156 Å². The number of hydrogen-bond acceptors (Lipinski definition) is 12. The van der Waals surface area contributed by atoms with Gasteiger partial charge in [-0.05, 0) is 102 Å². The Balaban J connectivity index is 0.000000206. The average molecular weight is 1150 g/mol. The summed E-state index contributed by atoms with van der Waals surface area (Å²) in [6.45, 7) is 22.0. The van der Waals surface area contributed by atoms with Crippen molar-refractivity contribution in [1.29, 1.82) is 0 Å². The number of amides is 2. The van der Waals surface area contributed by atoms with E-state index in [1.54, 1.807) is 9.13 Å². The number of piperazine rings is 2. The van der Waals surface area contributed by atoms with Gasteiger partial charge in [-0.15, -0.1) is 19.4 Å². The van der Waals surface area contributed by atoms with Crippen LogP contribution in [0.2, 0.25) is 0 Å². The van der Waals surface area contributed by atoms with Crippen LogP contribution in [0.4, 0.5) is 11.4 Å². The van der Waals surface area contributed by atoms with Gasteiger partial charge in [-0.1, -0.05) is 118 Å². The molecule has 8 aromatic rings. The van der Waals surface area contributed by atoms with Crippen molar-refractivity contribution in [2.24, 2.45) is 0 Å². The molecule has 6 aromatic carbocycles. The molecule has 2 aliphatic rings. The number of carbonyl (C=O) groups is 2. The van der Waals surface area contributed by atoms with Gasteiger partial charge in [0.25, 0.3) is 0 Å². The summed E-state index contributed by atoms with van der Waals surface area (Å²) >= 11 is 0. The first-order valence-corrected chi connectivity index (χ1v) is 29.3. The van der Waals surface area contributed by atoms with Crippen LogP contribution in [0.3, 0.4) is 0 Å². The van der Waals surface area contributed by atoms with Gasteiger partial charge in [0, 0.05) is 92.2 Å². The largest absolute Gasteiger partial charge is 0.481 e. The van der Waals surface area contributed by atoms with Crippen molar-refractivity contribution in [1.82, 2.24) is 38.7 Å². The van der Waals surface area contributed by atoms with Gasteiger partial charge in [-0.2, -0.15) is 9.97 Å². The first-order chi connectivity index (χ1) is 41.6. The molecule has 4 heterocycles. The third-order valence-corrected chi connectivity index (χ3v) is 15.5. The lowest BCUT2D eigenvalue weighted by atomic mass is 9.99. The summed E-state index contributed by atoms with van der Waals surface area (Å²) in [6, 6.07) is 42.6. The first-order valence-electron chi connectivity index (χ1n) is 29.3. The van der Waals surface area contributed by atoms with E-state index in [-0.39, 0.29) is 43.0 Å². The molecular weight excluding hydrogens is 1080 g/mol. The summed E-state index contributed by atoms with van der Waals surface area (Å²) < 4.78 is 14.7. The van der Waals surface area contributed by atoms with E-state index in [0.29, 0.717) is 65.7 Å². The molecule has 0 bridgehead atoms. The number of hydrogen-bond donors (Lipinski definition) is 2. The molecule has 10 rings (SSSR count). The van der Waals surface area contributed by atoms with E-state index in [2.05, 4.69) is 118 Å². The Hall–Kier alpha value is -9.16. The Morgan fingerprint density at radius 2 is 0.977 bits per heavy atom. The fourth-order valence-corrected chi connectivity index (χ4v) is 10.7. The standard InChI is InChI=1S/C36H39N5O3.C34H37N5O3/c1-5-16-39-17-19-40(20-18-39)25-34(42)37-30-9-7-8-27(22-30)24-41-33-15-14-31(44-21-6-2)23-32(33)35(38-36(41)43)29-12-10-28(11-13-29)26(3)4;1-5-19-42-29-13-14-31-30(21-29)33(27-11-9-26(10-12-27)24(2)3)36-34(41)39(31)22-25-7-6-8-28(20-25)35-32(40)23-38-17-15-37(4)16-18-38/h2,5,7-15,22-23,26H,1,16-21,24-25H2,3-4H3,(H,37,42);1,6-14,20-21,24H,15-19,22-23H2,2-4H3,(H,35,40). The second-order valence-electron chi connectivity index (χ2n) is 22.5. The van der Waals surface area contributed by atoms with Gasteiger partial charge < -0.3 is 25.0 Å².